The summed E-state index contributed by atoms with van der Waals surface area (Å²) in [4.78, 5) is 0. The third-order valence-electron chi connectivity index (χ3n) is 2.40. The molecule has 1 aromatic heterocycles. The number of aryl methyl sites for hydroxylation is 1. The number of nitrogens with two attached hydrogens (primary N) is 1. The number of nitrogens with one attached hydrogen (secondary N) is 1. The van der Waals surface area contributed by atoms with Crippen molar-refractivity contribution in [3.05, 3.63) is 11.9 Å². The lowest BCUT2D eigenvalue weighted by Crippen LogP contribution is -2.39. The van der Waals surface area contributed by atoms with Crippen molar-refractivity contribution in [2.75, 3.05) is 6.61 Å². The topological polar surface area (TPSA) is 78.0 Å². The van der Waals surface area contributed by atoms with E-state index in [1.165, 1.54) is 0 Å². The van der Waals surface area contributed by atoms with E-state index >= 15 is 0 Å². The molecule has 0 radical (unpaired) electrons. The van der Waals surface area contributed by atoms with Crippen molar-refractivity contribution < 1.29 is 4.74 Å². The highest BCUT2D eigenvalue weighted by molar-refractivity contribution is 5.04. The lowest BCUT2D eigenvalue weighted by atomic mass is 10.1. The van der Waals surface area contributed by atoms with Crippen molar-refractivity contribution in [3.63, 3.8) is 0 Å². The number of hydrazine groups is 1. The second kappa shape index (κ2) is 5.79. The smallest absolute Gasteiger partial charge is 0.0906 e. The normalized spacial score (nSPS) is 15.2. The van der Waals surface area contributed by atoms with Crippen LogP contribution in [0.3, 0.4) is 0 Å². The molecule has 2 unspecified atom stereocenters. The van der Waals surface area contributed by atoms with Crippen LogP contribution >= 0.6 is 0 Å². The fourth-order valence-corrected chi connectivity index (χ4v) is 1.63. The van der Waals surface area contributed by atoms with Gasteiger partial charge in [-0.05, 0) is 13.3 Å². The molecule has 0 aliphatic heterocycles. The van der Waals surface area contributed by atoms with E-state index in [-0.39, 0.29) is 12.1 Å². The molecule has 1 aromatic rings. The van der Waals surface area contributed by atoms with E-state index in [2.05, 4.69) is 22.7 Å². The first-order valence-corrected chi connectivity index (χ1v) is 5.16. The predicted octanol–water partition coefficient (Wildman–Crippen LogP) is 0.135. The third kappa shape index (κ3) is 2.74. The van der Waals surface area contributed by atoms with Crippen LogP contribution in [0, 0.1) is 0 Å². The molecule has 3 N–H and O–H groups in total. The van der Waals surface area contributed by atoms with Gasteiger partial charge in [0.25, 0.3) is 0 Å². The van der Waals surface area contributed by atoms with E-state index in [1.807, 2.05) is 14.0 Å². The van der Waals surface area contributed by atoms with Gasteiger partial charge >= 0.3 is 0 Å². The van der Waals surface area contributed by atoms with Crippen LogP contribution in [-0.4, -0.2) is 27.7 Å². The van der Waals surface area contributed by atoms with E-state index in [4.69, 9.17) is 10.6 Å². The second-order valence-electron chi connectivity index (χ2n) is 3.33. The Morgan fingerprint density at radius 2 is 2.33 bits per heavy atom. The number of aromatic nitrogens is 3. The fourth-order valence-electron chi connectivity index (χ4n) is 1.63. The zero-order valence-corrected chi connectivity index (χ0v) is 9.47. The lowest BCUT2D eigenvalue weighted by Gasteiger charge is -2.24. The average Bonchev–Trinajstić information content (AvgIpc) is 2.65. The number of hydrogen-bond donors (Lipinski definition) is 2. The SMILES string of the molecule is CCOC(CC)C(NN)c1cnnn1C. The molecule has 0 aromatic carbocycles. The Bertz CT molecular complexity index is 288. The highest BCUT2D eigenvalue weighted by Gasteiger charge is 2.23. The summed E-state index contributed by atoms with van der Waals surface area (Å²) in [5, 5.41) is 7.71. The van der Waals surface area contributed by atoms with Crippen molar-refractivity contribution in [1.82, 2.24) is 20.4 Å². The molecule has 0 aliphatic rings. The van der Waals surface area contributed by atoms with Crippen molar-refractivity contribution in [2.45, 2.75) is 32.4 Å². The zero-order chi connectivity index (χ0) is 11.3. The Labute approximate surface area is 89.8 Å². The zero-order valence-electron chi connectivity index (χ0n) is 9.47. The molecule has 2 atom stereocenters. The first-order valence-electron chi connectivity index (χ1n) is 5.16. The van der Waals surface area contributed by atoms with Crippen LogP contribution in [0.1, 0.15) is 32.0 Å². The molecule has 0 saturated carbocycles. The molecule has 6 nitrogen and oxygen atoms in total. The third-order valence-corrected chi connectivity index (χ3v) is 2.40. The van der Waals surface area contributed by atoms with Gasteiger partial charge in [-0.25, -0.2) is 5.43 Å². The monoisotopic (exact) mass is 213 g/mol. The summed E-state index contributed by atoms with van der Waals surface area (Å²) < 4.78 is 7.31. The maximum absolute atomic E-state index is 5.61. The second-order valence-corrected chi connectivity index (χ2v) is 3.33. The van der Waals surface area contributed by atoms with Gasteiger partial charge in [-0.15, -0.1) is 5.10 Å². The van der Waals surface area contributed by atoms with Crippen LogP contribution in [0.15, 0.2) is 6.20 Å². The van der Waals surface area contributed by atoms with Crippen LogP contribution in [0.4, 0.5) is 0 Å². The van der Waals surface area contributed by atoms with Gasteiger partial charge in [0.1, 0.15) is 0 Å². The van der Waals surface area contributed by atoms with Crippen LogP contribution in [0.2, 0.25) is 0 Å². The Hall–Kier alpha value is -0.980. The summed E-state index contributed by atoms with van der Waals surface area (Å²) in [5.41, 5.74) is 3.68. The average molecular weight is 213 g/mol. The standard InChI is InChI=1S/C9H19N5O/c1-4-8(15-5-2)9(12-10)7-6-11-13-14(7)3/h6,8-9,12H,4-5,10H2,1-3H3. The van der Waals surface area contributed by atoms with Gasteiger partial charge in [-0.2, -0.15) is 0 Å². The fraction of sp³-hybridized carbons (Fsp3) is 0.778. The minimum absolute atomic E-state index is 0.0391. The highest BCUT2D eigenvalue weighted by Crippen LogP contribution is 2.19. The van der Waals surface area contributed by atoms with Crippen LogP contribution in [-0.2, 0) is 11.8 Å². The van der Waals surface area contributed by atoms with Crippen LogP contribution in [0.25, 0.3) is 0 Å². The van der Waals surface area contributed by atoms with E-state index in [1.54, 1.807) is 10.9 Å². The van der Waals surface area contributed by atoms with Crippen molar-refractivity contribution in [2.24, 2.45) is 12.9 Å². The Morgan fingerprint density at radius 1 is 1.60 bits per heavy atom. The first kappa shape index (κ1) is 12.1. The molecule has 0 spiro atoms. The molecule has 86 valence electrons. The minimum atomic E-state index is -0.0741. The number of hydrogen-bond acceptors (Lipinski definition) is 5. The largest absolute Gasteiger partial charge is 0.376 e. The predicted molar refractivity (Wildman–Crippen MR) is 56.8 cm³/mol. The quantitative estimate of drug-likeness (QED) is 0.519. The molecular weight excluding hydrogens is 194 g/mol. The summed E-state index contributed by atoms with van der Waals surface area (Å²) >= 11 is 0. The van der Waals surface area contributed by atoms with Gasteiger partial charge < -0.3 is 4.74 Å². The molecule has 15 heavy (non-hydrogen) atoms. The number of rotatable bonds is 6. The Balaban J connectivity index is 2.82. The van der Waals surface area contributed by atoms with Gasteiger partial charge in [0.2, 0.25) is 0 Å². The van der Waals surface area contributed by atoms with Gasteiger partial charge in [-0.3, -0.25) is 10.5 Å². The molecule has 1 heterocycles. The molecular formula is C9H19N5O. The van der Waals surface area contributed by atoms with Crippen LogP contribution in [0.5, 0.6) is 0 Å². The molecule has 0 saturated heterocycles. The van der Waals surface area contributed by atoms with Crippen molar-refractivity contribution >= 4 is 0 Å². The van der Waals surface area contributed by atoms with Gasteiger partial charge in [0, 0.05) is 13.7 Å². The van der Waals surface area contributed by atoms with Gasteiger partial charge in [-0.1, -0.05) is 12.1 Å². The van der Waals surface area contributed by atoms with Gasteiger partial charge in [0.05, 0.1) is 24.0 Å². The number of nitrogens with zero attached hydrogens (tertiary/aromatic N) is 3. The first-order chi connectivity index (χ1) is 7.24. The Kier molecular flexibility index (Phi) is 4.67. The lowest BCUT2D eigenvalue weighted by molar-refractivity contribution is 0.0293. The molecule has 0 amide bonds. The Morgan fingerprint density at radius 3 is 2.73 bits per heavy atom. The van der Waals surface area contributed by atoms with Gasteiger partial charge in [0.15, 0.2) is 0 Å². The molecule has 6 heteroatoms. The number of ether oxygens (including phenoxy) is 1. The van der Waals surface area contributed by atoms with E-state index in [9.17, 15) is 0 Å². The van der Waals surface area contributed by atoms with Crippen molar-refractivity contribution in [3.8, 4) is 0 Å². The summed E-state index contributed by atoms with van der Waals surface area (Å²) in [6.07, 6.45) is 2.62. The molecule has 1 rings (SSSR count). The molecule has 0 aliphatic carbocycles. The highest BCUT2D eigenvalue weighted by atomic mass is 16.5. The minimum Gasteiger partial charge on any atom is -0.376 e. The summed E-state index contributed by atoms with van der Waals surface area (Å²) in [6, 6.07) is -0.0741. The van der Waals surface area contributed by atoms with Crippen LogP contribution < -0.4 is 11.3 Å². The maximum atomic E-state index is 5.61. The molecule has 0 bridgehead atoms. The van der Waals surface area contributed by atoms with E-state index in [0.29, 0.717) is 6.61 Å². The molecule has 0 fully saturated rings. The summed E-state index contributed by atoms with van der Waals surface area (Å²) in [5.74, 6) is 5.54. The van der Waals surface area contributed by atoms with E-state index in [0.717, 1.165) is 12.1 Å². The van der Waals surface area contributed by atoms with Crippen molar-refractivity contribution in [1.29, 1.82) is 0 Å². The maximum Gasteiger partial charge on any atom is 0.0906 e. The summed E-state index contributed by atoms with van der Waals surface area (Å²) in [6.45, 7) is 4.70. The summed E-state index contributed by atoms with van der Waals surface area (Å²) in [7, 11) is 1.84. The van der Waals surface area contributed by atoms with E-state index < -0.39 is 0 Å².